The van der Waals surface area contributed by atoms with Crippen molar-refractivity contribution in [3.05, 3.63) is 28.5 Å². The van der Waals surface area contributed by atoms with Gasteiger partial charge in [0.15, 0.2) is 0 Å². The Labute approximate surface area is 125 Å². The second kappa shape index (κ2) is 5.18. The molecule has 0 radical (unpaired) electrons. The monoisotopic (exact) mass is 313 g/mol. The Bertz CT molecular complexity index is 564. The van der Waals surface area contributed by atoms with E-state index in [1.165, 1.54) is 0 Å². The maximum absolute atomic E-state index is 14.1. The first-order chi connectivity index (χ1) is 9.94. The van der Waals surface area contributed by atoms with Crippen molar-refractivity contribution in [2.45, 2.75) is 37.2 Å². The van der Waals surface area contributed by atoms with Crippen molar-refractivity contribution in [3.63, 3.8) is 0 Å². The number of hydrogen-bond donors (Lipinski definition) is 1. The minimum atomic E-state index is -3.68. The average Bonchev–Trinajstić information content (AvgIpc) is 2.98. The Hall–Kier alpha value is -1.27. The average molecular weight is 313 g/mol. The van der Waals surface area contributed by atoms with Gasteiger partial charge in [-0.1, -0.05) is 12.1 Å². The third kappa shape index (κ3) is 2.40. The van der Waals surface area contributed by atoms with E-state index in [0.717, 1.165) is 15.4 Å². The van der Waals surface area contributed by atoms with Crippen molar-refractivity contribution in [2.75, 3.05) is 13.1 Å². The first kappa shape index (κ1) is 14.7. The molecule has 21 heavy (non-hydrogen) atoms. The fraction of sp³-hybridized carbons (Fsp3) is 0.533. The minimum absolute atomic E-state index is 0.00410. The first-order valence-corrected chi connectivity index (χ1v) is 7.94. The Morgan fingerprint density at radius 1 is 1.43 bits per heavy atom. The summed E-state index contributed by atoms with van der Waals surface area (Å²) in [6.45, 7) is 0.450. The van der Waals surface area contributed by atoms with Crippen LogP contribution < -0.4 is 0 Å². The third-order valence-electron chi connectivity index (χ3n) is 4.37. The van der Waals surface area contributed by atoms with Crippen LogP contribution in [0.4, 0.5) is 8.78 Å². The lowest BCUT2D eigenvalue weighted by Gasteiger charge is -2.43. The second-order valence-corrected chi connectivity index (χ2v) is 6.62. The van der Waals surface area contributed by atoms with Gasteiger partial charge in [-0.25, -0.2) is 0 Å². The molecule has 0 bridgehead atoms. The number of amides is 1. The molecule has 3 nitrogen and oxygen atoms in total. The smallest absolute Gasteiger partial charge is 0.352 e. The van der Waals surface area contributed by atoms with Gasteiger partial charge in [-0.2, -0.15) is 8.78 Å². The summed E-state index contributed by atoms with van der Waals surface area (Å²) in [7, 11) is 0. The van der Waals surface area contributed by atoms with Crippen LogP contribution in [0.3, 0.4) is 0 Å². The van der Waals surface area contributed by atoms with Gasteiger partial charge in [-0.15, -0.1) is 11.3 Å². The molecule has 0 unspecified atom stereocenters. The van der Waals surface area contributed by atoms with Crippen molar-refractivity contribution >= 4 is 22.8 Å². The summed E-state index contributed by atoms with van der Waals surface area (Å²) in [6, 6.07) is 3.93. The van der Waals surface area contributed by atoms with Gasteiger partial charge in [-0.05, 0) is 42.7 Å². The quantitative estimate of drug-likeness (QED) is 0.932. The maximum atomic E-state index is 14.1. The molecule has 1 N–H and O–H groups in total. The van der Waals surface area contributed by atoms with Crippen molar-refractivity contribution in [1.29, 1.82) is 0 Å². The van der Waals surface area contributed by atoms with Crippen LogP contribution in [0, 0.1) is 0 Å². The van der Waals surface area contributed by atoms with Gasteiger partial charge >= 0.3 is 5.92 Å². The van der Waals surface area contributed by atoms with E-state index in [1.54, 1.807) is 11.3 Å². The van der Waals surface area contributed by atoms with E-state index in [-0.39, 0.29) is 25.9 Å². The van der Waals surface area contributed by atoms with Crippen molar-refractivity contribution in [2.24, 2.45) is 0 Å². The van der Waals surface area contributed by atoms with Gasteiger partial charge in [0.05, 0.1) is 0 Å². The SMILES string of the molecule is O=C(N1CC=C(c2cccs2)CC1)C(F)(F)C1(O)CCC1. The lowest BCUT2D eigenvalue weighted by Crippen LogP contribution is -2.61. The number of carbonyl (C=O) groups is 1. The van der Waals surface area contributed by atoms with Crippen LogP contribution in [-0.2, 0) is 4.79 Å². The molecular weight excluding hydrogens is 296 g/mol. The predicted molar refractivity (Wildman–Crippen MR) is 77.2 cm³/mol. The van der Waals surface area contributed by atoms with Crippen LogP contribution in [0.2, 0.25) is 0 Å². The molecule has 0 aromatic carbocycles. The summed E-state index contributed by atoms with van der Waals surface area (Å²) >= 11 is 1.60. The molecule has 1 amide bonds. The molecule has 1 fully saturated rings. The van der Waals surface area contributed by atoms with Crippen LogP contribution >= 0.6 is 11.3 Å². The molecule has 2 aliphatic rings. The molecule has 1 aliphatic heterocycles. The summed E-state index contributed by atoms with van der Waals surface area (Å²) in [5.41, 5.74) is -1.04. The van der Waals surface area contributed by atoms with Gasteiger partial charge in [-0.3, -0.25) is 4.79 Å². The third-order valence-corrected chi connectivity index (χ3v) is 5.31. The highest BCUT2D eigenvalue weighted by Crippen LogP contribution is 2.45. The van der Waals surface area contributed by atoms with E-state index >= 15 is 0 Å². The number of rotatable bonds is 3. The van der Waals surface area contributed by atoms with Gasteiger partial charge in [0.25, 0.3) is 5.91 Å². The summed E-state index contributed by atoms with van der Waals surface area (Å²) in [5.74, 6) is -4.93. The van der Waals surface area contributed by atoms with Crippen LogP contribution in [-0.4, -0.2) is 40.5 Å². The molecule has 0 atom stereocenters. The number of alkyl halides is 2. The first-order valence-electron chi connectivity index (χ1n) is 7.06. The van der Waals surface area contributed by atoms with Crippen LogP contribution in [0.1, 0.15) is 30.6 Å². The van der Waals surface area contributed by atoms with E-state index in [4.69, 9.17) is 0 Å². The van der Waals surface area contributed by atoms with Gasteiger partial charge in [0.2, 0.25) is 0 Å². The van der Waals surface area contributed by atoms with E-state index in [1.807, 2.05) is 23.6 Å². The molecule has 114 valence electrons. The standard InChI is InChI=1S/C15H17F2NO2S/c16-15(17,14(20)6-2-7-14)13(19)18-8-4-11(5-9-18)12-3-1-10-21-12/h1,3-4,10,20H,2,5-9H2. The van der Waals surface area contributed by atoms with E-state index in [2.05, 4.69) is 0 Å². The lowest BCUT2D eigenvalue weighted by atomic mass is 9.75. The molecule has 1 saturated carbocycles. The van der Waals surface area contributed by atoms with Crippen LogP contribution in [0.25, 0.3) is 5.57 Å². The van der Waals surface area contributed by atoms with Crippen molar-refractivity contribution in [1.82, 2.24) is 4.90 Å². The minimum Gasteiger partial charge on any atom is -0.383 e. The van der Waals surface area contributed by atoms with Crippen LogP contribution in [0.15, 0.2) is 23.6 Å². The Morgan fingerprint density at radius 3 is 2.67 bits per heavy atom. The second-order valence-electron chi connectivity index (χ2n) is 5.67. The summed E-state index contributed by atoms with van der Waals surface area (Å²) in [4.78, 5) is 14.3. The zero-order valence-corrected chi connectivity index (χ0v) is 12.3. The lowest BCUT2D eigenvalue weighted by molar-refractivity contribution is -0.223. The maximum Gasteiger partial charge on any atom is 0.352 e. The molecular formula is C15H17F2NO2S. The van der Waals surface area contributed by atoms with E-state index in [9.17, 15) is 18.7 Å². The number of halogens is 2. The Kier molecular flexibility index (Phi) is 3.61. The zero-order valence-electron chi connectivity index (χ0n) is 11.5. The highest BCUT2D eigenvalue weighted by molar-refractivity contribution is 7.11. The number of carbonyl (C=O) groups excluding carboxylic acids is 1. The number of aliphatic hydroxyl groups is 1. The molecule has 0 saturated heterocycles. The normalized spacial score (nSPS) is 21.7. The predicted octanol–water partition coefficient (Wildman–Crippen LogP) is 2.91. The number of nitrogens with zero attached hydrogens (tertiary/aromatic N) is 1. The molecule has 0 spiro atoms. The Balaban J connectivity index is 1.70. The van der Waals surface area contributed by atoms with Crippen LogP contribution in [0.5, 0.6) is 0 Å². The molecule has 6 heteroatoms. The summed E-state index contributed by atoms with van der Waals surface area (Å²) in [6.07, 6.45) is 2.93. The molecule has 1 aromatic rings. The van der Waals surface area contributed by atoms with Gasteiger partial charge < -0.3 is 10.0 Å². The van der Waals surface area contributed by atoms with Crippen molar-refractivity contribution < 1.29 is 18.7 Å². The van der Waals surface area contributed by atoms with E-state index < -0.39 is 17.4 Å². The van der Waals surface area contributed by atoms with E-state index in [0.29, 0.717) is 12.8 Å². The molecule has 1 aliphatic carbocycles. The van der Waals surface area contributed by atoms with Gasteiger partial charge in [0.1, 0.15) is 5.60 Å². The van der Waals surface area contributed by atoms with Gasteiger partial charge in [0, 0.05) is 18.0 Å². The Morgan fingerprint density at radius 2 is 2.19 bits per heavy atom. The number of thiophene rings is 1. The number of hydrogen-bond acceptors (Lipinski definition) is 3. The fourth-order valence-electron chi connectivity index (χ4n) is 2.76. The molecule has 2 heterocycles. The summed E-state index contributed by atoms with van der Waals surface area (Å²) in [5, 5.41) is 11.8. The highest BCUT2D eigenvalue weighted by Gasteiger charge is 2.62. The molecule has 1 aromatic heterocycles. The summed E-state index contributed by atoms with van der Waals surface area (Å²) < 4.78 is 28.3. The molecule has 3 rings (SSSR count). The largest absolute Gasteiger partial charge is 0.383 e. The fourth-order valence-corrected chi connectivity index (χ4v) is 3.56. The zero-order chi connectivity index (χ0) is 15.1. The highest BCUT2D eigenvalue weighted by atomic mass is 32.1. The topological polar surface area (TPSA) is 40.5 Å². The van der Waals surface area contributed by atoms with Crippen molar-refractivity contribution in [3.8, 4) is 0 Å².